The van der Waals surface area contributed by atoms with Crippen molar-refractivity contribution in [2.45, 2.75) is 26.3 Å². The Kier molecular flexibility index (Phi) is 5.77. The number of hydrogen-bond acceptors (Lipinski definition) is 5. The van der Waals surface area contributed by atoms with Gasteiger partial charge in [-0.3, -0.25) is 4.98 Å². The highest BCUT2D eigenvalue weighted by molar-refractivity contribution is 5.84. The Morgan fingerprint density at radius 2 is 1.72 bits per heavy atom. The largest absolute Gasteiger partial charge is 0.324 e. The maximum Gasteiger partial charge on any atom is 0.227 e. The Morgan fingerprint density at radius 1 is 0.931 bits per heavy atom. The second-order valence-corrected chi connectivity index (χ2v) is 7.13. The zero-order chi connectivity index (χ0) is 20.1. The molecule has 0 amide bonds. The zero-order valence-corrected chi connectivity index (χ0v) is 16.8. The van der Waals surface area contributed by atoms with Crippen molar-refractivity contribution in [1.29, 1.82) is 0 Å². The third kappa shape index (κ3) is 4.58. The Morgan fingerprint density at radius 3 is 2.48 bits per heavy atom. The minimum Gasteiger partial charge on any atom is -0.324 e. The molecule has 4 rings (SSSR count). The van der Waals surface area contributed by atoms with E-state index in [2.05, 4.69) is 75.8 Å². The molecule has 0 radical (unpaired) electrons. The standard InChI is InChI=1S/C24H25N5/c1-3-12-26-17(2)18-4-7-22(8-5-18)28-24-27-16-21-15-20(6-9-23(21)29-24)19-10-13-25-14-11-19/h4-11,13-17,26H,3,12H2,1-2H3,(H,27,28,29)/t17-/m1/s1. The highest BCUT2D eigenvalue weighted by Gasteiger charge is 2.06. The van der Waals surface area contributed by atoms with E-state index in [-0.39, 0.29) is 0 Å². The fourth-order valence-electron chi connectivity index (χ4n) is 3.28. The van der Waals surface area contributed by atoms with Gasteiger partial charge in [-0.05, 0) is 73.0 Å². The second-order valence-electron chi connectivity index (χ2n) is 7.13. The molecule has 0 spiro atoms. The maximum atomic E-state index is 4.66. The van der Waals surface area contributed by atoms with E-state index in [1.54, 1.807) is 12.4 Å². The second kappa shape index (κ2) is 8.80. The number of benzene rings is 2. The van der Waals surface area contributed by atoms with Crippen molar-refractivity contribution in [2.75, 3.05) is 11.9 Å². The minimum absolute atomic E-state index is 0.343. The lowest BCUT2D eigenvalue weighted by Crippen LogP contribution is -2.19. The molecule has 0 aliphatic rings. The molecule has 0 aliphatic heterocycles. The molecule has 5 heteroatoms. The summed E-state index contributed by atoms with van der Waals surface area (Å²) in [4.78, 5) is 13.2. The van der Waals surface area contributed by atoms with Crippen LogP contribution >= 0.6 is 0 Å². The highest BCUT2D eigenvalue weighted by Crippen LogP contribution is 2.24. The van der Waals surface area contributed by atoms with Gasteiger partial charge in [-0.15, -0.1) is 0 Å². The average molecular weight is 383 g/mol. The quantitative estimate of drug-likeness (QED) is 0.441. The van der Waals surface area contributed by atoms with Crippen molar-refractivity contribution >= 4 is 22.5 Å². The summed E-state index contributed by atoms with van der Waals surface area (Å²) in [5.41, 5.74) is 5.42. The summed E-state index contributed by atoms with van der Waals surface area (Å²) in [5.74, 6) is 0.596. The number of rotatable bonds is 7. The van der Waals surface area contributed by atoms with Gasteiger partial charge in [-0.1, -0.05) is 25.1 Å². The van der Waals surface area contributed by atoms with Crippen molar-refractivity contribution in [2.24, 2.45) is 0 Å². The van der Waals surface area contributed by atoms with Crippen LogP contribution in [0.25, 0.3) is 22.0 Å². The Bertz CT molecular complexity index is 1080. The van der Waals surface area contributed by atoms with Crippen molar-refractivity contribution in [3.8, 4) is 11.1 Å². The number of nitrogens with zero attached hydrogens (tertiary/aromatic N) is 3. The molecule has 0 saturated heterocycles. The number of nitrogens with one attached hydrogen (secondary N) is 2. The van der Waals surface area contributed by atoms with Crippen LogP contribution in [0.5, 0.6) is 0 Å². The lowest BCUT2D eigenvalue weighted by atomic mass is 10.1. The van der Waals surface area contributed by atoms with Gasteiger partial charge >= 0.3 is 0 Å². The van der Waals surface area contributed by atoms with Crippen molar-refractivity contribution in [3.05, 3.63) is 78.8 Å². The molecule has 0 fully saturated rings. The van der Waals surface area contributed by atoms with Gasteiger partial charge in [0.15, 0.2) is 0 Å². The molecule has 2 heterocycles. The first kappa shape index (κ1) is 19.0. The first-order valence-electron chi connectivity index (χ1n) is 10.0. The number of anilines is 2. The summed E-state index contributed by atoms with van der Waals surface area (Å²) in [5, 5.41) is 7.82. The van der Waals surface area contributed by atoms with E-state index >= 15 is 0 Å². The van der Waals surface area contributed by atoms with Gasteiger partial charge in [0.1, 0.15) is 0 Å². The molecule has 5 nitrogen and oxygen atoms in total. The van der Waals surface area contributed by atoms with Gasteiger partial charge in [0.25, 0.3) is 0 Å². The lowest BCUT2D eigenvalue weighted by Gasteiger charge is -2.14. The molecule has 4 aromatic rings. The van der Waals surface area contributed by atoms with Crippen LogP contribution in [-0.2, 0) is 0 Å². The van der Waals surface area contributed by atoms with Crippen LogP contribution in [0.1, 0.15) is 31.9 Å². The fraction of sp³-hybridized carbons (Fsp3) is 0.208. The van der Waals surface area contributed by atoms with Crippen LogP contribution in [0.15, 0.2) is 73.2 Å². The van der Waals surface area contributed by atoms with Crippen molar-refractivity contribution in [1.82, 2.24) is 20.3 Å². The van der Waals surface area contributed by atoms with E-state index in [4.69, 9.17) is 0 Å². The summed E-state index contributed by atoms with van der Waals surface area (Å²) in [6.45, 7) is 5.38. The predicted octanol–water partition coefficient (Wildman–Crippen LogP) is 5.50. The van der Waals surface area contributed by atoms with Crippen LogP contribution in [0.4, 0.5) is 11.6 Å². The van der Waals surface area contributed by atoms with E-state index < -0.39 is 0 Å². The van der Waals surface area contributed by atoms with Crippen LogP contribution in [0.2, 0.25) is 0 Å². The molecule has 0 aliphatic carbocycles. The first-order chi connectivity index (χ1) is 14.2. The first-order valence-corrected chi connectivity index (χ1v) is 10.0. The number of hydrogen-bond donors (Lipinski definition) is 2. The smallest absolute Gasteiger partial charge is 0.227 e. The molecule has 1 atom stereocenters. The van der Waals surface area contributed by atoms with Crippen LogP contribution in [0.3, 0.4) is 0 Å². The van der Waals surface area contributed by atoms with Gasteiger partial charge in [-0.25, -0.2) is 9.97 Å². The van der Waals surface area contributed by atoms with Crippen molar-refractivity contribution in [3.63, 3.8) is 0 Å². The predicted molar refractivity (Wildman–Crippen MR) is 119 cm³/mol. The third-order valence-corrected chi connectivity index (χ3v) is 4.96. The Labute approximate surface area is 171 Å². The maximum absolute atomic E-state index is 4.66. The van der Waals surface area contributed by atoms with Crippen LogP contribution in [0, 0.1) is 0 Å². The van der Waals surface area contributed by atoms with Crippen molar-refractivity contribution < 1.29 is 0 Å². The van der Waals surface area contributed by atoms with E-state index in [0.717, 1.165) is 40.7 Å². The topological polar surface area (TPSA) is 62.7 Å². The molecule has 146 valence electrons. The van der Waals surface area contributed by atoms with Crippen LogP contribution < -0.4 is 10.6 Å². The lowest BCUT2D eigenvalue weighted by molar-refractivity contribution is 0.571. The summed E-state index contributed by atoms with van der Waals surface area (Å²) < 4.78 is 0. The van der Waals surface area contributed by atoms with E-state index in [9.17, 15) is 0 Å². The molecular formula is C24H25N5. The van der Waals surface area contributed by atoms with E-state index in [0.29, 0.717) is 12.0 Å². The highest BCUT2D eigenvalue weighted by atomic mass is 15.1. The zero-order valence-electron chi connectivity index (χ0n) is 16.8. The molecule has 2 aromatic carbocycles. The number of fused-ring (bicyclic) bond motifs is 1. The normalized spacial score (nSPS) is 12.1. The summed E-state index contributed by atoms with van der Waals surface area (Å²) >= 11 is 0. The fourth-order valence-corrected chi connectivity index (χ4v) is 3.28. The molecule has 0 bridgehead atoms. The SMILES string of the molecule is CCCN[C@H](C)c1ccc(Nc2ncc3cc(-c4ccncc4)ccc3n2)cc1. The van der Waals surface area contributed by atoms with E-state index in [1.165, 1.54) is 5.56 Å². The monoisotopic (exact) mass is 383 g/mol. The van der Waals surface area contributed by atoms with Crippen LogP contribution in [-0.4, -0.2) is 21.5 Å². The van der Waals surface area contributed by atoms with Gasteiger partial charge < -0.3 is 10.6 Å². The molecular weight excluding hydrogens is 358 g/mol. The molecule has 0 saturated carbocycles. The minimum atomic E-state index is 0.343. The summed E-state index contributed by atoms with van der Waals surface area (Å²) in [7, 11) is 0. The number of pyridine rings is 1. The number of aromatic nitrogens is 3. The summed E-state index contributed by atoms with van der Waals surface area (Å²) in [6.07, 6.45) is 6.59. The molecule has 2 N–H and O–H groups in total. The third-order valence-electron chi connectivity index (χ3n) is 4.96. The Balaban J connectivity index is 1.50. The van der Waals surface area contributed by atoms with Gasteiger partial charge in [0, 0.05) is 35.7 Å². The van der Waals surface area contributed by atoms with Gasteiger partial charge in [0.05, 0.1) is 5.52 Å². The van der Waals surface area contributed by atoms with Gasteiger partial charge in [-0.2, -0.15) is 0 Å². The molecule has 0 unspecified atom stereocenters. The van der Waals surface area contributed by atoms with Gasteiger partial charge in [0.2, 0.25) is 5.95 Å². The van der Waals surface area contributed by atoms with E-state index in [1.807, 2.05) is 24.4 Å². The Hall–Kier alpha value is -3.31. The summed E-state index contributed by atoms with van der Waals surface area (Å²) in [6, 6.07) is 19.0. The molecule has 29 heavy (non-hydrogen) atoms. The average Bonchev–Trinajstić information content (AvgIpc) is 2.78. The molecule has 2 aromatic heterocycles.